The molecule has 3 atom stereocenters. The number of anilines is 1. The minimum Gasteiger partial charge on any atom is -0.477 e. The minimum atomic E-state index is -1.30. The molecule has 3 heterocycles. The summed E-state index contributed by atoms with van der Waals surface area (Å²) in [7, 11) is 0. The Bertz CT molecular complexity index is 1030. The predicted octanol–water partition coefficient (Wildman–Crippen LogP) is 2.13. The van der Waals surface area contributed by atoms with E-state index in [0.29, 0.717) is 30.6 Å². The van der Waals surface area contributed by atoms with E-state index in [-0.39, 0.29) is 28.9 Å². The Balaban J connectivity index is 1.62. The normalized spacial score (nSPS) is 27.2. The van der Waals surface area contributed by atoms with Crippen molar-refractivity contribution in [2.45, 2.75) is 44.2 Å². The number of hydrogen-bond donors (Lipinski definition) is 2. The first-order chi connectivity index (χ1) is 13.4. The standard InChI is InChI=1S/C20H23FN4O3/c21-15-6-12-17(26)14(20(27)28)9-25(11-4-5-11)18(12)23-19(15)24-7-10-2-1-3-16(22)13(10)8-24/h6,9-11,13,16H,1-5,7-8,22H2,(H,27,28)/t10-,13+,16-/m0/s1. The first kappa shape index (κ1) is 17.6. The third-order valence-corrected chi connectivity index (χ3v) is 6.56. The van der Waals surface area contributed by atoms with Crippen LogP contribution >= 0.6 is 0 Å². The van der Waals surface area contributed by atoms with E-state index in [1.807, 2.05) is 4.90 Å². The number of aromatic nitrogens is 2. The van der Waals surface area contributed by atoms with E-state index in [1.165, 1.54) is 6.20 Å². The highest BCUT2D eigenvalue weighted by molar-refractivity contribution is 5.92. The first-order valence-corrected chi connectivity index (χ1v) is 9.93. The minimum absolute atomic E-state index is 0.0290. The van der Waals surface area contributed by atoms with E-state index >= 15 is 0 Å². The van der Waals surface area contributed by atoms with Gasteiger partial charge in [0.15, 0.2) is 11.6 Å². The molecule has 2 aliphatic carbocycles. The van der Waals surface area contributed by atoms with Gasteiger partial charge in [0.25, 0.3) is 0 Å². The van der Waals surface area contributed by atoms with Gasteiger partial charge in [-0.15, -0.1) is 0 Å². The van der Waals surface area contributed by atoms with Gasteiger partial charge in [-0.05, 0) is 43.6 Å². The molecule has 3 aliphatic rings. The molecule has 2 aromatic rings. The van der Waals surface area contributed by atoms with Crippen LogP contribution in [0.1, 0.15) is 48.5 Å². The number of carboxylic acid groups (broad SMARTS) is 1. The van der Waals surface area contributed by atoms with Gasteiger partial charge in [0, 0.05) is 31.4 Å². The van der Waals surface area contributed by atoms with Gasteiger partial charge in [-0.2, -0.15) is 0 Å². The van der Waals surface area contributed by atoms with Gasteiger partial charge in [0.1, 0.15) is 11.2 Å². The maximum atomic E-state index is 15.0. The van der Waals surface area contributed by atoms with Gasteiger partial charge in [-0.3, -0.25) is 4.79 Å². The van der Waals surface area contributed by atoms with Crippen LogP contribution in [0.4, 0.5) is 10.2 Å². The van der Waals surface area contributed by atoms with Crippen molar-refractivity contribution < 1.29 is 14.3 Å². The van der Waals surface area contributed by atoms with Gasteiger partial charge in [-0.25, -0.2) is 14.2 Å². The molecule has 28 heavy (non-hydrogen) atoms. The van der Waals surface area contributed by atoms with Crippen molar-refractivity contribution in [1.29, 1.82) is 0 Å². The van der Waals surface area contributed by atoms with E-state index in [9.17, 15) is 19.1 Å². The van der Waals surface area contributed by atoms with Crippen molar-refractivity contribution in [3.8, 4) is 0 Å². The van der Waals surface area contributed by atoms with Gasteiger partial charge in [0.05, 0.1) is 5.39 Å². The van der Waals surface area contributed by atoms with Crippen molar-refractivity contribution >= 4 is 22.8 Å². The van der Waals surface area contributed by atoms with Crippen LogP contribution in [0.5, 0.6) is 0 Å². The molecule has 1 aliphatic heterocycles. The average Bonchev–Trinajstić information content (AvgIpc) is 3.40. The number of halogens is 1. The third-order valence-electron chi connectivity index (χ3n) is 6.56. The number of hydrogen-bond acceptors (Lipinski definition) is 5. The number of nitrogens with zero attached hydrogens (tertiary/aromatic N) is 3. The van der Waals surface area contributed by atoms with Crippen molar-refractivity contribution in [3.05, 3.63) is 33.9 Å². The summed E-state index contributed by atoms with van der Waals surface area (Å²) in [6.07, 6.45) is 6.35. The molecule has 148 valence electrons. The molecule has 0 unspecified atom stereocenters. The average molecular weight is 386 g/mol. The lowest BCUT2D eigenvalue weighted by atomic mass is 9.78. The molecule has 8 heteroatoms. The van der Waals surface area contributed by atoms with Crippen LogP contribution < -0.4 is 16.1 Å². The molecular formula is C20H23FN4O3. The van der Waals surface area contributed by atoms with Crippen LogP contribution in [0.3, 0.4) is 0 Å². The quantitative estimate of drug-likeness (QED) is 0.838. The molecule has 0 aromatic carbocycles. The molecule has 2 aromatic heterocycles. The molecule has 3 fully saturated rings. The van der Waals surface area contributed by atoms with Crippen molar-refractivity contribution in [3.63, 3.8) is 0 Å². The number of fused-ring (bicyclic) bond motifs is 2. The summed E-state index contributed by atoms with van der Waals surface area (Å²) in [5.74, 6) is -0.859. The molecule has 2 saturated carbocycles. The Kier molecular flexibility index (Phi) is 3.94. The van der Waals surface area contributed by atoms with Crippen LogP contribution in [0, 0.1) is 17.7 Å². The van der Waals surface area contributed by atoms with E-state index in [4.69, 9.17) is 5.73 Å². The van der Waals surface area contributed by atoms with Crippen molar-refractivity contribution in [1.82, 2.24) is 9.55 Å². The maximum absolute atomic E-state index is 15.0. The lowest BCUT2D eigenvalue weighted by Gasteiger charge is -2.29. The number of nitrogens with two attached hydrogens (primary N) is 1. The Morgan fingerprint density at radius 3 is 2.71 bits per heavy atom. The Morgan fingerprint density at radius 2 is 2.04 bits per heavy atom. The lowest BCUT2D eigenvalue weighted by molar-refractivity contribution is 0.0695. The Hall–Kier alpha value is -2.48. The second-order valence-electron chi connectivity index (χ2n) is 8.40. The number of aromatic carboxylic acids is 1. The second kappa shape index (κ2) is 6.27. The highest BCUT2D eigenvalue weighted by Crippen LogP contribution is 2.40. The maximum Gasteiger partial charge on any atom is 0.341 e. The van der Waals surface area contributed by atoms with Crippen LogP contribution in [0.2, 0.25) is 0 Å². The molecule has 1 saturated heterocycles. The zero-order valence-electron chi connectivity index (χ0n) is 15.5. The largest absolute Gasteiger partial charge is 0.477 e. The fraction of sp³-hybridized carbons (Fsp3) is 0.550. The number of rotatable bonds is 3. The fourth-order valence-corrected chi connectivity index (χ4v) is 4.93. The van der Waals surface area contributed by atoms with Crippen molar-refractivity contribution in [2.75, 3.05) is 18.0 Å². The Labute approximate surface area is 161 Å². The van der Waals surface area contributed by atoms with Gasteiger partial charge in [0.2, 0.25) is 5.43 Å². The van der Waals surface area contributed by atoms with E-state index in [1.54, 1.807) is 4.57 Å². The topological polar surface area (TPSA) is 101 Å². The van der Waals surface area contributed by atoms with Crippen LogP contribution in [0.15, 0.2) is 17.1 Å². The summed E-state index contributed by atoms with van der Waals surface area (Å²) in [5, 5.41) is 9.37. The molecular weight excluding hydrogens is 363 g/mol. The molecule has 0 spiro atoms. The van der Waals surface area contributed by atoms with E-state index < -0.39 is 17.2 Å². The van der Waals surface area contributed by atoms with E-state index in [2.05, 4.69) is 4.98 Å². The number of pyridine rings is 2. The lowest BCUT2D eigenvalue weighted by Crippen LogP contribution is -2.38. The summed E-state index contributed by atoms with van der Waals surface area (Å²) in [5.41, 5.74) is 5.63. The summed E-state index contributed by atoms with van der Waals surface area (Å²) in [4.78, 5) is 30.5. The third kappa shape index (κ3) is 2.70. The predicted molar refractivity (Wildman–Crippen MR) is 102 cm³/mol. The smallest absolute Gasteiger partial charge is 0.341 e. The van der Waals surface area contributed by atoms with E-state index in [0.717, 1.165) is 38.2 Å². The van der Waals surface area contributed by atoms with Crippen molar-refractivity contribution in [2.24, 2.45) is 17.6 Å². The van der Waals surface area contributed by atoms with Gasteiger partial charge in [-0.1, -0.05) is 6.42 Å². The van der Waals surface area contributed by atoms with Crippen LogP contribution in [-0.2, 0) is 0 Å². The summed E-state index contributed by atoms with van der Waals surface area (Å²) in [6, 6.07) is 1.41. The fourth-order valence-electron chi connectivity index (χ4n) is 4.93. The number of carboxylic acids is 1. The van der Waals surface area contributed by atoms with Crippen LogP contribution in [-0.4, -0.2) is 39.8 Å². The highest BCUT2D eigenvalue weighted by atomic mass is 19.1. The van der Waals surface area contributed by atoms with Gasteiger partial charge >= 0.3 is 5.97 Å². The monoisotopic (exact) mass is 386 g/mol. The first-order valence-electron chi connectivity index (χ1n) is 9.93. The molecule has 0 amide bonds. The zero-order valence-corrected chi connectivity index (χ0v) is 15.5. The molecule has 3 N–H and O–H groups in total. The summed E-state index contributed by atoms with van der Waals surface area (Å²) in [6.45, 7) is 1.39. The summed E-state index contributed by atoms with van der Waals surface area (Å²) >= 11 is 0. The summed E-state index contributed by atoms with van der Waals surface area (Å²) < 4.78 is 16.7. The molecule has 7 nitrogen and oxygen atoms in total. The number of carbonyl (C=O) groups is 1. The van der Waals surface area contributed by atoms with Gasteiger partial charge < -0.3 is 20.3 Å². The van der Waals surface area contributed by atoms with Crippen LogP contribution in [0.25, 0.3) is 11.0 Å². The molecule has 0 bridgehead atoms. The SMILES string of the molecule is N[C@H]1CCC[C@H]2CN(c3nc4c(cc3F)c(=O)c(C(=O)O)cn4C3CC3)C[C@H]21. The zero-order chi connectivity index (χ0) is 19.6. The highest BCUT2D eigenvalue weighted by Gasteiger charge is 2.40. The Morgan fingerprint density at radius 1 is 1.25 bits per heavy atom. The molecule has 5 rings (SSSR count). The second-order valence-corrected chi connectivity index (χ2v) is 8.40. The molecule has 0 radical (unpaired) electrons.